The van der Waals surface area contributed by atoms with E-state index in [2.05, 4.69) is 10.6 Å². The third-order valence-corrected chi connectivity index (χ3v) is 3.71. The highest BCUT2D eigenvalue weighted by atomic mass is 16.5. The van der Waals surface area contributed by atoms with Crippen LogP contribution in [0.2, 0.25) is 0 Å². The van der Waals surface area contributed by atoms with Crippen molar-refractivity contribution in [1.29, 1.82) is 0 Å². The Bertz CT molecular complexity index is 787. The molecular formula is C18H19N3O3. The van der Waals surface area contributed by atoms with Gasteiger partial charge in [0.05, 0.1) is 6.61 Å². The number of aliphatic hydroxyl groups excluding tert-OH is 1. The predicted molar refractivity (Wildman–Crippen MR) is 95.1 cm³/mol. The highest BCUT2D eigenvalue weighted by Crippen LogP contribution is 2.32. The van der Waals surface area contributed by atoms with Crippen molar-refractivity contribution in [3.8, 4) is 5.75 Å². The molecule has 0 bridgehead atoms. The molecule has 124 valence electrons. The summed E-state index contributed by atoms with van der Waals surface area (Å²) in [7, 11) is 0. The molecule has 2 amide bonds. The van der Waals surface area contributed by atoms with Gasteiger partial charge in [0, 0.05) is 22.6 Å². The number of nitrogens with two attached hydrogens (primary N) is 1. The summed E-state index contributed by atoms with van der Waals surface area (Å²) in [6, 6.07) is 11.9. The van der Waals surface area contributed by atoms with E-state index in [1.807, 2.05) is 12.1 Å². The van der Waals surface area contributed by atoms with Gasteiger partial charge in [-0.15, -0.1) is 0 Å². The summed E-state index contributed by atoms with van der Waals surface area (Å²) in [5.74, 6) is 0.665. The van der Waals surface area contributed by atoms with Crippen LogP contribution in [0.5, 0.6) is 5.75 Å². The first-order chi connectivity index (χ1) is 11.5. The quantitative estimate of drug-likeness (QED) is 0.652. The smallest absolute Gasteiger partial charge is 0.323 e. The van der Waals surface area contributed by atoms with Gasteiger partial charge in [-0.05, 0) is 55.5 Å². The number of ether oxygens (including phenoxy) is 1. The Morgan fingerprint density at radius 2 is 1.83 bits per heavy atom. The summed E-state index contributed by atoms with van der Waals surface area (Å²) in [5.41, 5.74) is 7.67. The van der Waals surface area contributed by atoms with Crippen molar-refractivity contribution < 1.29 is 14.6 Å². The second kappa shape index (κ2) is 6.25. The second-order valence-corrected chi connectivity index (χ2v) is 5.86. The van der Waals surface area contributed by atoms with Crippen molar-refractivity contribution in [3.05, 3.63) is 54.1 Å². The molecule has 1 unspecified atom stereocenters. The molecule has 1 atom stereocenters. The van der Waals surface area contributed by atoms with E-state index in [1.54, 1.807) is 49.4 Å². The van der Waals surface area contributed by atoms with Crippen molar-refractivity contribution in [2.45, 2.75) is 12.5 Å². The predicted octanol–water partition coefficient (Wildman–Crippen LogP) is 3.07. The second-order valence-electron chi connectivity index (χ2n) is 5.86. The number of urea groups is 1. The van der Waals surface area contributed by atoms with Gasteiger partial charge >= 0.3 is 6.03 Å². The fraction of sp³-hybridized carbons (Fsp3) is 0.167. The molecule has 0 radical (unpaired) electrons. The summed E-state index contributed by atoms with van der Waals surface area (Å²) < 4.78 is 5.76. The van der Waals surface area contributed by atoms with E-state index < -0.39 is 5.60 Å². The lowest BCUT2D eigenvalue weighted by Gasteiger charge is -2.29. The standard InChI is InChI=1S/C18H19N3O3/c1-18(11-22)9-8-12-10-15(6-7-16(12)24-18)21-17(23)20-14-4-2-13(19)3-5-14/h2-10,22H,11,19H2,1H3,(H2,20,21,23). The number of rotatable bonds is 3. The third-order valence-electron chi connectivity index (χ3n) is 3.71. The zero-order valence-corrected chi connectivity index (χ0v) is 13.2. The Balaban J connectivity index is 1.68. The molecule has 1 heterocycles. The fourth-order valence-corrected chi connectivity index (χ4v) is 2.35. The van der Waals surface area contributed by atoms with Gasteiger partial charge in [0.25, 0.3) is 0 Å². The largest absolute Gasteiger partial charge is 0.480 e. The number of fused-ring (bicyclic) bond motifs is 1. The molecule has 3 rings (SSSR count). The van der Waals surface area contributed by atoms with Crippen LogP contribution >= 0.6 is 0 Å². The number of aliphatic hydroxyl groups is 1. The third kappa shape index (κ3) is 3.49. The van der Waals surface area contributed by atoms with E-state index >= 15 is 0 Å². The minimum atomic E-state index is -0.714. The lowest BCUT2D eigenvalue weighted by Crippen LogP contribution is -2.35. The number of benzene rings is 2. The summed E-state index contributed by atoms with van der Waals surface area (Å²) in [5, 5.41) is 14.9. The number of anilines is 3. The van der Waals surface area contributed by atoms with Crippen LogP contribution in [0, 0.1) is 0 Å². The summed E-state index contributed by atoms with van der Waals surface area (Å²) in [6.07, 6.45) is 3.67. The van der Waals surface area contributed by atoms with E-state index in [1.165, 1.54) is 0 Å². The number of nitrogen functional groups attached to an aromatic ring is 1. The molecule has 0 saturated carbocycles. The van der Waals surface area contributed by atoms with Crippen LogP contribution in [0.3, 0.4) is 0 Å². The van der Waals surface area contributed by atoms with Crippen LogP contribution in [-0.2, 0) is 0 Å². The zero-order valence-electron chi connectivity index (χ0n) is 13.2. The first kappa shape index (κ1) is 15.9. The molecule has 0 fully saturated rings. The summed E-state index contributed by atoms with van der Waals surface area (Å²) in [4.78, 5) is 12.0. The molecule has 2 aromatic carbocycles. The number of hydrogen-bond donors (Lipinski definition) is 4. The van der Waals surface area contributed by atoms with Crippen LogP contribution in [0.25, 0.3) is 6.08 Å². The van der Waals surface area contributed by atoms with E-state index in [0.717, 1.165) is 5.56 Å². The van der Waals surface area contributed by atoms with Gasteiger partial charge in [0.1, 0.15) is 11.4 Å². The SMILES string of the molecule is CC1(CO)C=Cc2cc(NC(=O)Nc3ccc(N)cc3)ccc2O1. The van der Waals surface area contributed by atoms with Gasteiger partial charge in [-0.3, -0.25) is 0 Å². The molecule has 0 saturated heterocycles. The van der Waals surface area contributed by atoms with Crippen LogP contribution in [0.4, 0.5) is 21.9 Å². The minimum absolute atomic E-state index is 0.104. The first-order valence-corrected chi connectivity index (χ1v) is 7.54. The molecule has 24 heavy (non-hydrogen) atoms. The van der Waals surface area contributed by atoms with Crippen molar-refractivity contribution in [1.82, 2.24) is 0 Å². The maximum atomic E-state index is 12.0. The molecule has 6 heteroatoms. The maximum Gasteiger partial charge on any atom is 0.323 e. The van der Waals surface area contributed by atoms with Gasteiger partial charge in [-0.1, -0.05) is 6.08 Å². The Hall–Kier alpha value is -2.99. The lowest BCUT2D eigenvalue weighted by molar-refractivity contribution is 0.0641. The fourth-order valence-electron chi connectivity index (χ4n) is 2.35. The van der Waals surface area contributed by atoms with Crippen molar-refractivity contribution >= 4 is 29.2 Å². The number of hydrogen-bond acceptors (Lipinski definition) is 4. The van der Waals surface area contributed by atoms with Gasteiger partial charge < -0.3 is 26.2 Å². The lowest BCUT2D eigenvalue weighted by atomic mass is 10.0. The highest BCUT2D eigenvalue weighted by molar-refractivity contribution is 6.00. The number of nitrogens with one attached hydrogen (secondary N) is 2. The summed E-state index contributed by atoms with van der Waals surface area (Å²) in [6.45, 7) is 1.70. The zero-order chi connectivity index (χ0) is 17.2. The van der Waals surface area contributed by atoms with Gasteiger partial charge in [0.15, 0.2) is 0 Å². The van der Waals surface area contributed by atoms with Crippen molar-refractivity contribution in [2.24, 2.45) is 0 Å². The van der Waals surface area contributed by atoms with Crippen molar-refractivity contribution in [2.75, 3.05) is 23.0 Å². The number of carbonyl (C=O) groups is 1. The molecular weight excluding hydrogens is 306 g/mol. The number of amides is 2. The molecule has 1 aliphatic rings. The Labute approximate surface area is 139 Å². The summed E-state index contributed by atoms with van der Waals surface area (Å²) >= 11 is 0. The van der Waals surface area contributed by atoms with Crippen LogP contribution in [-0.4, -0.2) is 23.3 Å². The van der Waals surface area contributed by atoms with Gasteiger partial charge in [-0.25, -0.2) is 4.79 Å². The number of carbonyl (C=O) groups excluding carboxylic acids is 1. The average Bonchev–Trinajstić information content (AvgIpc) is 2.57. The molecule has 0 aliphatic carbocycles. The molecule has 0 aromatic heterocycles. The molecule has 2 aromatic rings. The first-order valence-electron chi connectivity index (χ1n) is 7.54. The van der Waals surface area contributed by atoms with Crippen LogP contribution in [0.1, 0.15) is 12.5 Å². The average molecular weight is 325 g/mol. The van der Waals surface area contributed by atoms with Crippen LogP contribution in [0.15, 0.2) is 48.5 Å². The molecule has 0 spiro atoms. The van der Waals surface area contributed by atoms with E-state index in [9.17, 15) is 9.90 Å². The van der Waals surface area contributed by atoms with Gasteiger partial charge in [-0.2, -0.15) is 0 Å². The Morgan fingerprint density at radius 3 is 2.54 bits per heavy atom. The molecule has 5 N–H and O–H groups in total. The normalized spacial score (nSPS) is 18.4. The molecule has 1 aliphatic heterocycles. The van der Waals surface area contributed by atoms with Crippen molar-refractivity contribution in [3.63, 3.8) is 0 Å². The minimum Gasteiger partial charge on any atom is -0.480 e. The Kier molecular flexibility index (Phi) is 4.14. The topological polar surface area (TPSA) is 96.6 Å². The Morgan fingerprint density at radius 1 is 1.17 bits per heavy atom. The van der Waals surface area contributed by atoms with E-state index in [0.29, 0.717) is 22.8 Å². The maximum absolute atomic E-state index is 12.0. The van der Waals surface area contributed by atoms with Crippen LogP contribution < -0.4 is 21.1 Å². The molecule has 6 nitrogen and oxygen atoms in total. The monoisotopic (exact) mass is 325 g/mol. The highest BCUT2D eigenvalue weighted by Gasteiger charge is 2.26. The van der Waals surface area contributed by atoms with E-state index in [-0.39, 0.29) is 12.6 Å². The van der Waals surface area contributed by atoms with E-state index in [4.69, 9.17) is 10.5 Å². The van der Waals surface area contributed by atoms with Gasteiger partial charge in [0.2, 0.25) is 0 Å².